The van der Waals surface area contributed by atoms with Crippen LogP contribution in [0.3, 0.4) is 0 Å². The molecule has 1 unspecified atom stereocenters. The maximum atomic E-state index is 4.30. The minimum atomic E-state index is 0.315. The Bertz CT molecular complexity index is 509. The van der Waals surface area contributed by atoms with Crippen LogP contribution in [-0.2, 0) is 0 Å². The summed E-state index contributed by atoms with van der Waals surface area (Å²) in [6, 6.07) is 8.77. The second-order valence-electron chi connectivity index (χ2n) is 4.21. The number of hydrogen-bond donors (Lipinski definition) is 2. The number of H-pyrrole nitrogens is 1. The van der Waals surface area contributed by atoms with Crippen molar-refractivity contribution < 1.29 is 0 Å². The Labute approximate surface area is 112 Å². The molecule has 0 saturated heterocycles. The molecule has 1 aromatic heterocycles. The summed E-state index contributed by atoms with van der Waals surface area (Å²) in [6.45, 7) is 4.05. The van der Waals surface area contributed by atoms with E-state index < -0.39 is 0 Å². The Balaban J connectivity index is 2.04. The Morgan fingerprint density at radius 3 is 2.72 bits per heavy atom. The van der Waals surface area contributed by atoms with Gasteiger partial charge < -0.3 is 5.32 Å². The van der Waals surface area contributed by atoms with E-state index in [1.54, 1.807) is 11.8 Å². The molecule has 1 heterocycles. The van der Waals surface area contributed by atoms with E-state index in [-0.39, 0.29) is 0 Å². The van der Waals surface area contributed by atoms with Crippen LogP contribution in [-0.4, -0.2) is 28.0 Å². The number of aromatic amines is 1. The molecule has 0 spiro atoms. The van der Waals surface area contributed by atoms with Crippen LogP contribution in [0.15, 0.2) is 29.4 Å². The number of nitrogens with zero attached hydrogens (tertiary/aromatic N) is 2. The third-order valence-electron chi connectivity index (χ3n) is 2.87. The summed E-state index contributed by atoms with van der Waals surface area (Å²) in [5, 5.41) is 11.2. The van der Waals surface area contributed by atoms with Crippen molar-refractivity contribution in [1.82, 2.24) is 20.5 Å². The Morgan fingerprint density at radius 1 is 1.33 bits per heavy atom. The summed E-state index contributed by atoms with van der Waals surface area (Å²) in [5.41, 5.74) is 2.64. The van der Waals surface area contributed by atoms with Gasteiger partial charge in [-0.15, -0.1) is 5.10 Å². The highest BCUT2D eigenvalue weighted by Crippen LogP contribution is 2.24. The standard InChI is InChI=1S/C13H18N4S/c1-9-6-4-5-7-11(9)12(14-3)8-18-13-15-10(2)16-17-13/h4-7,12,14H,8H2,1-3H3,(H,15,16,17). The molecule has 0 aliphatic carbocycles. The van der Waals surface area contributed by atoms with E-state index in [1.165, 1.54) is 11.1 Å². The lowest BCUT2D eigenvalue weighted by Crippen LogP contribution is -2.19. The maximum Gasteiger partial charge on any atom is 0.208 e. The highest BCUT2D eigenvalue weighted by molar-refractivity contribution is 7.99. The number of thioether (sulfide) groups is 1. The minimum Gasteiger partial charge on any atom is -0.312 e. The van der Waals surface area contributed by atoms with E-state index >= 15 is 0 Å². The van der Waals surface area contributed by atoms with E-state index in [1.807, 2.05) is 14.0 Å². The zero-order valence-electron chi connectivity index (χ0n) is 10.9. The van der Waals surface area contributed by atoms with Gasteiger partial charge in [-0.1, -0.05) is 36.0 Å². The van der Waals surface area contributed by atoms with E-state index in [2.05, 4.69) is 51.7 Å². The second-order valence-corrected chi connectivity index (χ2v) is 5.20. The first kappa shape index (κ1) is 13.1. The topological polar surface area (TPSA) is 53.6 Å². The van der Waals surface area contributed by atoms with E-state index in [0.29, 0.717) is 6.04 Å². The lowest BCUT2D eigenvalue weighted by atomic mass is 10.0. The number of nitrogens with one attached hydrogen (secondary N) is 2. The molecule has 0 aliphatic rings. The summed E-state index contributed by atoms with van der Waals surface area (Å²) in [7, 11) is 1.99. The molecule has 96 valence electrons. The maximum absolute atomic E-state index is 4.30. The first-order valence-corrected chi connectivity index (χ1v) is 6.94. The van der Waals surface area contributed by atoms with Gasteiger partial charge in [0.2, 0.25) is 5.16 Å². The molecule has 1 aromatic carbocycles. The number of hydrogen-bond acceptors (Lipinski definition) is 4. The van der Waals surface area contributed by atoms with Crippen molar-refractivity contribution in [1.29, 1.82) is 0 Å². The summed E-state index contributed by atoms with van der Waals surface area (Å²) < 4.78 is 0. The van der Waals surface area contributed by atoms with Crippen molar-refractivity contribution in [3.05, 3.63) is 41.2 Å². The van der Waals surface area contributed by atoms with Crippen LogP contribution < -0.4 is 5.32 Å². The summed E-state index contributed by atoms with van der Waals surface area (Å²) in [6.07, 6.45) is 0. The molecule has 0 amide bonds. The number of aryl methyl sites for hydroxylation is 2. The molecule has 2 rings (SSSR count). The molecule has 5 heteroatoms. The summed E-state index contributed by atoms with van der Waals surface area (Å²) in [5.74, 6) is 1.77. The molecule has 4 nitrogen and oxygen atoms in total. The van der Waals surface area contributed by atoms with Crippen LogP contribution in [0.5, 0.6) is 0 Å². The molecular weight excluding hydrogens is 244 g/mol. The van der Waals surface area contributed by atoms with Gasteiger partial charge in [-0.25, -0.2) is 4.98 Å². The lowest BCUT2D eigenvalue weighted by molar-refractivity contribution is 0.657. The number of aromatic nitrogens is 3. The fourth-order valence-electron chi connectivity index (χ4n) is 1.85. The SMILES string of the molecule is CNC(CSc1n[nH]c(C)n1)c1ccccc1C. The highest BCUT2D eigenvalue weighted by atomic mass is 32.2. The molecule has 2 aromatic rings. The first-order valence-electron chi connectivity index (χ1n) is 5.95. The molecule has 0 fully saturated rings. The Morgan fingerprint density at radius 2 is 2.11 bits per heavy atom. The van der Waals surface area contributed by atoms with Gasteiger partial charge in [0.05, 0.1) is 0 Å². The van der Waals surface area contributed by atoms with E-state index in [4.69, 9.17) is 0 Å². The quantitative estimate of drug-likeness (QED) is 0.813. The zero-order valence-corrected chi connectivity index (χ0v) is 11.7. The van der Waals surface area contributed by atoms with Crippen LogP contribution in [0.25, 0.3) is 0 Å². The third-order valence-corrected chi connectivity index (χ3v) is 3.81. The van der Waals surface area contributed by atoms with Crippen LogP contribution in [0, 0.1) is 13.8 Å². The lowest BCUT2D eigenvalue weighted by Gasteiger charge is -2.17. The number of benzene rings is 1. The van der Waals surface area contributed by atoms with Crippen molar-refractivity contribution in [2.24, 2.45) is 0 Å². The van der Waals surface area contributed by atoms with Crippen molar-refractivity contribution >= 4 is 11.8 Å². The summed E-state index contributed by atoms with van der Waals surface area (Å²) in [4.78, 5) is 4.30. The molecule has 0 saturated carbocycles. The molecule has 2 N–H and O–H groups in total. The summed E-state index contributed by atoms with van der Waals surface area (Å²) >= 11 is 1.66. The van der Waals surface area contributed by atoms with Crippen LogP contribution in [0.1, 0.15) is 23.0 Å². The predicted octanol–water partition coefficient (Wildman–Crippen LogP) is 2.47. The number of rotatable bonds is 5. The van der Waals surface area contributed by atoms with Crippen molar-refractivity contribution in [3.8, 4) is 0 Å². The molecule has 0 aliphatic heterocycles. The van der Waals surface area contributed by atoms with Gasteiger partial charge in [-0.3, -0.25) is 5.10 Å². The minimum absolute atomic E-state index is 0.315. The average molecular weight is 262 g/mol. The van der Waals surface area contributed by atoms with Crippen LogP contribution >= 0.6 is 11.8 Å². The fraction of sp³-hybridized carbons (Fsp3) is 0.385. The van der Waals surface area contributed by atoms with Crippen molar-refractivity contribution in [2.45, 2.75) is 25.0 Å². The normalized spacial score (nSPS) is 12.6. The fourth-order valence-corrected chi connectivity index (χ4v) is 2.82. The Kier molecular flexibility index (Phi) is 4.38. The van der Waals surface area contributed by atoms with Gasteiger partial charge in [0, 0.05) is 11.8 Å². The van der Waals surface area contributed by atoms with E-state index in [9.17, 15) is 0 Å². The Hall–Kier alpha value is -1.33. The van der Waals surface area contributed by atoms with Crippen molar-refractivity contribution in [2.75, 3.05) is 12.8 Å². The largest absolute Gasteiger partial charge is 0.312 e. The first-order chi connectivity index (χ1) is 8.70. The predicted molar refractivity (Wildman–Crippen MR) is 74.8 cm³/mol. The molecule has 0 radical (unpaired) electrons. The third kappa shape index (κ3) is 3.11. The molecule has 18 heavy (non-hydrogen) atoms. The van der Waals surface area contributed by atoms with Crippen molar-refractivity contribution in [3.63, 3.8) is 0 Å². The van der Waals surface area contributed by atoms with Crippen LogP contribution in [0.4, 0.5) is 0 Å². The van der Waals surface area contributed by atoms with Crippen LogP contribution in [0.2, 0.25) is 0 Å². The molecule has 0 bridgehead atoms. The highest BCUT2D eigenvalue weighted by Gasteiger charge is 2.13. The van der Waals surface area contributed by atoms with E-state index in [0.717, 1.165) is 16.7 Å². The van der Waals surface area contributed by atoms with Gasteiger partial charge >= 0.3 is 0 Å². The van der Waals surface area contributed by atoms with Gasteiger partial charge in [-0.2, -0.15) is 0 Å². The zero-order chi connectivity index (χ0) is 13.0. The van der Waals surface area contributed by atoms with Gasteiger partial charge in [-0.05, 0) is 32.0 Å². The van der Waals surface area contributed by atoms with Gasteiger partial charge in [0.15, 0.2) is 0 Å². The monoisotopic (exact) mass is 262 g/mol. The smallest absolute Gasteiger partial charge is 0.208 e. The molecular formula is C13H18N4S. The second kappa shape index (κ2) is 6.02. The molecule has 1 atom stereocenters. The average Bonchev–Trinajstić information content (AvgIpc) is 2.78. The van der Waals surface area contributed by atoms with Gasteiger partial charge in [0.1, 0.15) is 5.82 Å². The van der Waals surface area contributed by atoms with Gasteiger partial charge in [0.25, 0.3) is 0 Å².